The number of nitrogens with two attached hydrogens (primary N) is 1. The fourth-order valence-electron chi connectivity index (χ4n) is 1.15. The molecule has 5 heteroatoms. The summed E-state index contributed by atoms with van der Waals surface area (Å²) in [5, 5.41) is 6.70. The van der Waals surface area contributed by atoms with Gasteiger partial charge in [0.25, 0.3) is 0 Å². The summed E-state index contributed by atoms with van der Waals surface area (Å²) in [5.41, 5.74) is 6.50. The summed E-state index contributed by atoms with van der Waals surface area (Å²) in [4.78, 5) is 11.5. The van der Waals surface area contributed by atoms with Gasteiger partial charge < -0.3 is 11.1 Å². The Kier molecular flexibility index (Phi) is 3.85. The SMILES string of the molecule is CC(C)C(N)CC(=O)Nc1cnn(C)c1. The molecule has 1 unspecified atom stereocenters. The predicted octanol–water partition coefficient (Wildman–Crippen LogP) is 0.732. The number of rotatable bonds is 4. The summed E-state index contributed by atoms with van der Waals surface area (Å²) in [5.74, 6) is 0.244. The second-order valence-electron chi connectivity index (χ2n) is 4.06. The number of amides is 1. The van der Waals surface area contributed by atoms with Gasteiger partial charge in [-0.25, -0.2) is 0 Å². The van der Waals surface area contributed by atoms with Gasteiger partial charge in [-0.1, -0.05) is 13.8 Å². The van der Waals surface area contributed by atoms with E-state index >= 15 is 0 Å². The van der Waals surface area contributed by atoms with Gasteiger partial charge in [-0.2, -0.15) is 5.10 Å². The third-order valence-corrected chi connectivity index (χ3v) is 2.27. The monoisotopic (exact) mass is 210 g/mol. The summed E-state index contributed by atoms with van der Waals surface area (Å²) in [6, 6.07) is -0.0957. The van der Waals surface area contributed by atoms with Gasteiger partial charge in [0.2, 0.25) is 5.91 Å². The molecule has 0 aliphatic heterocycles. The first kappa shape index (κ1) is 11.7. The lowest BCUT2D eigenvalue weighted by molar-refractivity contribution is -0.116. The van der Waals surface area contributed by atoms with Gasteiger partial charge in [0.05, 0.1) is 11.9 Å². The van der Waals surface area contributed by atoms with E-state index in [1.165, 1.54) is 0 Å². The normalized spacial score (nSPS) is 12.9. The third kappa shape index (κ3) is 3.71. The number of hydrogen-bond donors (Lipinski definition) is 2. The molecule has 0 aromatic carbocycles. The van der Waals surface area contributed by atoms with E-state index in [4.69, 9.17) is 5.73 Å². The van der Waals surface area contributed by atoms with Crippen molar-refractivity contribution in [2.45, 2.75) is 26.3 Å². The van der Waals surface area contributed by atoms with Crippen LogP contribution in [0.15, 0.2) is 12.4 Å². The van der Waals surface area contributed by atoms with Crippen LogP contribution in [0.1, 0.15) is 20.3 Å². The molecule has 0 bridgehead atoms. The second kappa shape index (κ2) is 4.93. The summed E-state index contributed by atoms with van der Waals surface area (Å²) in [6.07, 6.45) is 3.70. The van der Waals surface area contributed by atoms with E-state index in [0.29, 0.717) is 18.0 Å². The van der Waals surface area contributed by atoms with Gasteiger partial charge in [-0.05, 0) is 5.92 Å². The molecule has 1 heterocycles. The highest BCUT2D eigenvalue weighted by Crippen LogP contribution is 2.07. The molecular formula is C10H18N4O. The zero-order chi connectivity index (χ0) is 11.4. The van der Waals surface area contributed by atoms with E-state index in [-0.39, 0.29) is 11.9 Å². The van der Waals surface area contributed by atoms with Crippen LogP contribution in [0.4, 0.5) is 5.69 Å². The summed E-state index contributed by atoms with van der Waals surface area (Å²) >= 11 is 0. The number of carbonyl (C=O) groups excluding carboxylic acids is 1. The van der Waals surface area contributed by atoms with Crippen LogP contribution in [0.2, 0.25) is 0 Å². The van der Waals surface area contributed by atoms with E-state index in [1.54, 1.807) is 24.1 Å². The van der Waals surface area contributed by atoms with Crippen LogP contribution in [-0.4, -0.2) is 21.7 Å². The number of aryl methyl sites for hydroxylation is 1. The molecular weight excluding hydrogens is 192 g/mol. The molecule has 0 saturated carbocycles. The Hall–Kier alpha value is -1.36. The van der Waals surface area contributed by atoms with Gasteiger partial charge in [0.15, 0.2) is 0 Å². The van der Waals surface area contributed by atoms with Crippen molar-refractivity contribution in [3.63, 3.8) is 0 Å². The lowest BCUT2D eigenvalue weighted by atomic mass is 10.0. The first-order valence-corrected chi connectivity index (χ1v) is 5.03. The van der Waals surface area contributed by atoms with E-state index in [2.05, 4.69) is 10.4 Å². The molecule has 0 radical (unpaired) electrons. The fraction of sp³-hybridized carbons (Fsp3) is 0.600. The van der Waals surface area contributed by atoms with Crippen LogP contribution < -0.4 is 11.1 Å². The standard InChI is InChI=1S/C10H18N4O/c1-7(2)9(11)4-10(15)13-8-5-12-14(3)6-8/h5-7,9H,4,11H2,1-3H3,(H,13,15). The number of carbonyl (C=O) groups is 1. The van der Waals surface area contributed by atoms with Gasteiger partial charge in [0.1, 0.15) is 0 Å². The highest BCUT2D eigenvalue weighted by molar-refractivity contribution is 5.90. The number of hydrogen-bond acceptors (Lipinski definition) is 3. The molecule has 1 atom stereocenters. The van der Waals surface area contributed by atoms with Crippen LogP contribution in [0.3, 0.4) is 0 Å². The summed E-state index contributed by atoms with van der Waals surface area (Å²) < 4.78 is 1.64. The lowest BCUT2D eigenvalue weighted by Crippen LogP contribution is -2.31. The zero-order valence-corrected chi connectivity index (χ0v) is 9.40. The maximum Gasteiger partial charge on any atom is 0.226 e. The molecule has 1 aromatic rings. The van der Waals surface area contributed by atoms with Gasteiger partial charge in [0, 0.05) is 25.7 Å². The van der Waals surface area contributed by atoms with Crippen LogP contribution in [0, 0.1) is 5.92 Å². The van der Waals surface area contributed by atoms with Crippen molar-refractivity contribution in [1.29, 1.82) is 0 Å². The number of aromatic nitrogens is 2. The molecule has 1 amide bonds. The quantitative estimate of drug-likeness (QED) is 0.769. The largest absolute Gasteiger partial charge is 0.327 e. The minimum absolute atomic E-state index is 0.0656. The van der Waals surface area contributed by atoms with Crippen molar-refractivity contribution in [2.75, 3.05) is 5.32 Å². The Morgan fingerprint density at radius 3 is 2.80 bits per heavy atom. The van der Waals surface area contributed by atoms with Crippen molar-refractivity contribution >= 4 is 11.6 Å². The Balaban J connectivity index is 2.43. The van der Waals surface area contributed by atoms with E-state index < -0.39 is 0 Å². The molecule has 3 N–H and O–H groups in total. The van der Waals surface area contributed by atoms with E-state index in [9.17, 15) is 4.79 Å². The Morgan fingerprint density at radius 1 is 1.67 bits per heavy atom. The van der Waals surface area contributed by atoms with Gasteiger partial charge >= 0.3 is 0 Å². The highest BCUT2D eigenvalue weighted by atomic mass is 16.1. The fourth-order valence-corrected chi connectivity index (χ4v) is 1.15. The Bertz CT molecular complexity index is 332. The lowest BCUT2D eigenvalue weighted by Gasteiger charge is -2.14. The minimum atomic E-state index is -0.0957. The first-order chi connectivity index (χ1) is 6.99. The topological polar surface area (TPSA) is 72.9 Å². The molecule has 5 nitrogen and oxygen atoms in total. The molecule has 0 aliphatic carbocycles. The molecule has 0 saturated heterocycles. The number of anilines is 1. The zero-order valence-electron chi connectivity index (χ0n) is 9.40. The van der Waals surface area contributed by atoms with Gasteiger partial charge in [-0.3, -0.25) is 9.48 Å². The van der Waals surface area contributed by atoms with E-state index in [0.717, 1.165) is 0 Å². The highest BCUT2D eigenvalue weighted by Gasteiger charge is 2.13. The van der Waals surface area contributed by atoms with Gasteiger partial charge in [-0.15, -0.1) is 0 Å². The molecule has 1 rings (SSSR count). The van der Waals surface area contributed by atoms with Crippen molar-refractivity contribution in [3.8, 4) is 0 Å². The van der Waals surface area contributed by atoms with Crippen molar-refractivity contribution in [1.82, 2.24) is 9.78 Å². The van der Waals surface area contributed by atoms with Crippen molar-refractivity contribution in [2.24, 2.45) is 18.7 Å². The Morgan fingerprint density at radius 2 is 2.33 bits per heavy atom. The second-order valence-corrected chi connectivity index (χ2v) is 4.06. The van der Waals surface area contributed by atoms with Crippen LogP contribution in [-0.2, 0) is 11.8 Å². The molecule has 1 aromatic heterocycles. The summed E-state index contributed by atoms with van der Waals surface area (Å²) in [6.45, 7) is 4.00. The number of nitrogens with one attached hydrogen (secondary N) is 1. The third-order valence-electron chi connectivity index (χ3n) is 2.27. The maximum atomic E-state index is 11.5. The average Bonchev–Trinajstić information content (AvgIpc) is 2.50. The maximum absolute atomic E-state index is 11.5. The minimum Gasteiger partial charge on any atom is -0.327 e. The molecule has 0 spiro atoms. The predicted molar refractivity (Wildman–Crippen MR) is 59.3 cm³/mol. The molecule has 0 aliphatic rings. The molecule has 0 fully saturated rings. The molecule has 84 valence electrons. The van der Waals surface area contributed by atoms with Crippen molar-refractivity contribution in [3.05, 3.63) is 12.4 Å². The Labute approximate surface area is 89.6 Å². The smallest absolute Gasteiger partial charge is 0.226 e. The van der Waals surface area contributed by atoms with E-state index in [1.807, 2.05) is 13.8 Å². The average molecular weight is 210 g/mol. The van der Waals surface area contributed by atoms with Crippen LogP contribution in [0.5, 0.6) is 0 Å². The van der Waals surface area contributed by atoms with Crippen molar-refractivity contribution < 1.29 is 4.79 Å². The number of nitrogens with zero attached hydrogens (tertiary/aromatic N) is 2. The summed E-state index contributed by atoms with van der Waals surface area (Å²) in [7, 11) is 1.80. The molecule has 15 heavy (non-hydrogen) atoms. The van der Waals surface area contributed by atoms with Crippen LogP contribution in [0.25, 0.3) is 0 Å². The van der Waals surface area contributed by atoms with Crippen LogP contribution >= 0.6 is 0 Å². The first-order valence-electron chi connectivity index (χ1n) is 5.03.